The van der Waals surface area contributed by atoms with Crippen LogP contribution in [-0.4, -0.2) is 45.5 Å². The van der Waals surface area contributed by atoms with Crippen molar-refractivity contribution in [1.29, 1.82) is 0 Å². The molecule has 2 rings (SSSR count). The van der Waals surface area contributed by atoms with E-state index in [2.05, 4.69) is 10.3 Å². The van der Waals surface area contributed by atoms with Crippen molar-refractivity contribution in [2.45, 2.75) is 22.7 Å². The molecule has 0 aliphatic carbocycles. The van der Waals surface area contributed by atoms with Crippen LogP contribution in [0, 0.1) is 0 Å². The molecule has 12 heteroatoms. The number of carbonyl (C=O) groups excluding carboxylic acids is 1. The van der Waals surface area contributed by atoms with Crippen molar-refractivity contribution in [3.8, 4) is 0 Å². The molecule has 0 spiro atoms. The van der Waals surface area contributed by atoms with Crippen LogP contribution in [0.25, 0.3) is 0 Å². The predicted octanol–water partition coefficient (Wildman–Crippen LogP) is 2.11. The summed E-state index contributed by atoms with van der Waals surface area (Å²) in [4.78, 5) is 15.3. The summed E-state index contributed by atoms with van der Waals surface area (Å²) >= 11 is 0. The van der Waals surface area contributed by atoms with Crippen LogP contribution in [0.2, 0.25) is 0 Å². The summed E-state index contributed by atoms with van der Waals surface area (Å²) in [5.41, 5.74) is -5.77. The maximum atomic E-state index is 12.8. The fourth-order valence-electron chi connectivity index (χ4n) is 2.38. The van der Waals surface area contributed by atoms with Crippen LogP contribution >= 0.6 is 0 Å². The third kappa shape index (κ3) is 6.00. The minimum atomic E-state index is -5.81. The van der Waals surface area contributed by atoms with Gasteiger partial charge in [0, 0.05) is 12.7 Å². The highest BCUT2D eigenvalue weighted by Gasteiger charge is 2.49. The van der Waals surface area contributed by atoms with E-state index in [1.54, 1.807) is 30.3 Å². The number of nitrogens with zero attached hydrogens (tertiary/aromatic N) is 1. The number of sulfone groups is 2. The number of rotatable bonds is 8. The van der Waals surface area contributed by atoms with Gasteiger partial charge in [0.05, 0.1) is 17.1 Å². The lowest BCUT2D eigenvalue weighted by Crippen LogP contribution is -2.31. The number of aromatic nitrogens is 1. The fraction of sp³-hybridized carbons (Fsp3) is 0.294. The quantitative estimate of drug-likeness (QED) is 0.617. The number of benzene rings is 1. The van der Waals surface area contributed by atoms with E-state index in [0.29, 0.717) is 5.56 Å². The Hall–Kier alpha value is -2.47. The molecule has 0 aliphatic heterocycles. The van der Waals surface area contributed by atoms with Crippen molar-refractivity contribution >= 4 is 25.6 Å². The van der Waals surface area contributed by atoms with Crippen LogP contribution in [0.4, 0.5) is 13.2 Å². The highest BCUT2D eigenvalue weighted by atomic mass is 32.2. The first kappa shape index (κ1) is 22.8. The van der Waals surface area contributed by atoms with E-state index in [1.807, 2.05) is 0 Å². The Labute approximate surface area is 165 Å². The van der Waals surface area contributed by atoms with Gasteiger partial charge in [-0.3, -0.25) is 4.79 Å². The molecule has 0 aliphatic rings. The second-order valence-corrected chi connectivity index (χ2v) is 10.0. The number of carbonyl (C=O) groups is 1. The lowest BCUT2D eigenvalue weighted by molar-refractivity contribution is -0.0438. The van der Waals surface area contributed by atoms with Gasteiger partial charge in [0.1, 0.15) is 0 Å². The third-order valence-electron chi connectivity index (χ3n) is 3.72. The fourth-order valence-corrected chi connectivity index (χ4v) is 4.67. The minimum Gasteiger partial charge on any atom is -0.352 e. The number of alkyl halides is 3. The highest BCUT2D eigenvalue weighted by molar-refractivity contribution is 7.92. The van der Waals surface area contributed by atoms with E-state index in [4.69, 9.17) is 0 Å². The van der Waals surface area contributed by atoms with Crippen LogP contribution in [-0.2, 0) is 25.4 Å². The van der Waals surface area contributed by atoms with Crippen molar-refractivity contribution in [3.63, 3.8) is 0 Å². The first-order valence-corrected chi connectivity index (χ1v) is 11.5. The smallest absolute Gasteiger partial charge is 0.352 e. The molecule has 0 fully saturated rings. The molecule has 29 heavy (non-hydrogen) atoms. The van der Waals surface area contributed by atoms with Crippen LogP contribution in [0.15, 0.2) is 53.7 Å². The summed E-state index contributed by atoms with van der Waals surface area (Å²) in [6.07, 6.45) is 0.827. The van der Waals surface area contributed by atoms with Gasteiger partial charge in [0.2, 0.25) is 0 Å². The zero-order chi connectivity index (χ0) is 21.7. The molecule has 158 valence electrons. The van der Waals surface area contributed by atoms with Crippen molar-refractivity contribution in [2.75, 3.05) is 12.3 Å². The largest absolute Gasteiger partial charge is 0.503 e. The zero-order valence-electron chi connectivity index (χ0n) is 14.9. The maximum Gasteiger partial charge on any atom is 0.503 e. The highest BCUT2D eigenvalue weighted by Crippen LogP contribution is 2.30. The molecule has 2 aromatic rings. The van der Waals surface area contributed by atoms with Crippen molar-refractivity contribution in [2.24, 2.45) is 0 Å². The van der Waals surface area contributed by atoms with Gasteiger partial charge in [-0.15, -0.1) is 0 Å². The molecule has 0 saturated heterocycles. The van der Waals surface area contributed by atoms with E-state index < -0.39 is 41.7 Å². The number of hydrogen-bond acceptors (Lipinski definition) is 6. The monoisotopic (exact) mass is 450 g/mol. The molecule has 1 aromatic carbocycles. The molecular formula is C17H17F3N2O5S2. The molecule has 0 unspecified atom stereocenters. The van der Waals surface area contributed by atoms with Gasteiger partial charge in [0.15, 0.2) is 14.9 Å². The summed E-state index contributed by atoms with van der Waals surface area (Å²) in [6, 6.07) is 10.5. The molecule has 1 heterocycles. The average molecular weight is 450 g/mol. The first-order valence-electron chi connectivity index (χ1n) is 8.23. The lowest BCUT2D eigenvalue weighted by atomic mass is 10.2. The molecule has 0 bridgehead atoms. The normalized spacial score (nSPS) is 12.5. The average Bonchev–Trinajstić information content (AvgIpc) is 2.64. The van der Waals surface area contributed by atoms with Gasteiger partial charge in [-0.1, -0.05) is 30.3 Å². The maximum absolute atomic E-state index is 12.8. The Morgan fingerprint density at radius 2 is 1.66 bits per heavy atom. The predicted molar refractivity (Wildman–Crippen MR) is 98.4 cm³/mol. The van der Waals surface area contributed by atoms with Crippen molar-refractivity contribution in [1.82, 2.24) is 10.3 Å². The molecule has 0 saturated carbocycles. The Bertz CT molecular complexity index is 1070. The van der Waals surface area contributed by atoms with Crippen molar-refractivity contribution in [3.05, 3.63) is 59.8 Å². The van der Waals surface area contributed by atoms with Gasteiger partial charge in [0.25, 0.3) is 15.7 Å². The first-order chi connectivity index (χ1) is 13.4. The SMILES string of the molecule is O=C(NCCCS(=O)(=O)Cc1ccccc1)c1cccnc1S(=O)(=O)C(F)(F)F. The molecule has 1 amide bonds. The molecular weight excluding hydrogens is 433 g/mol. The van der Waals surface area contributed by atoms with Crippen LogP contribution < -0.4 is 5.32 Å². The van der Waals surface area contributed by atoms with Gasteiger partial charge in [-0.05, 0) is 24.1 Å². The molecule has 0 atom stereocenters. The molecule has 0 radical (unpaired) electrons. The second kappa shape index (κ2) is 8.91. The summed E-state index contributed by atoms with van der Waals surface area (Å²) in [5, 5.41) is 0.823. The summed E-state index contributed by atoms with van der Waals surface area (Å²) < 4.78 is 85.6. The number of amides is 1. The molecule has 1 aromatic heterocycles. The van der Waals surface area contributed by atoms with Crippen LogP contribution in [0.1, 0.15) is 22.3 Å². The number of nitrogens with one attached hydrogen (secondary N) is 1. The third-order valence-corrected chi connectivity index (χ3v) is 6.85. The summed E-state index contributed by atoms with van der Waals surface area (Å²) in [5.74, 6) is -1.54. The van der Waals surface area contributed by atoms with Gasteiger partial charge in [-0.2, -0.15) is 13.2 Å². The Morgan fingerprint density at radius 1 is 1.00 bits per heavy atom. The number of halogens is 3. The molecule has 1 N–H and O–H groups in total. The van der Waals surface area contributed by atoms with E-state index in [0.717, 1.165) is 18.3 Å². The number of pyridine rings is 1. The van der Waals surface area contributed by atoms with E-state index in [9.17, 15) is 34.8 Å². The van der Waals surface area contributed by atoms with Crippen LogP contribution in [0.5, 0.6) is 0 Å². The number of hydrogen-bond donors (Lipinski definition) is 1. The summed E-state index contributed by atoms with van der Waals surface area (Å²) in [7, 11) is -9.26. The van der Waals surface area contributed by atoms with Gasteiger partial charge < -0.3 is 5.32 Å². The minimum absolute atomic E-state index is 0.00250. The van der Waals surface area contributed by atoms with E-state index in [-0.39, 0.29) is 24.5 Å². The van der Waals surface area contributed by atoms with Crippen molar-refractivity contribution < 1.29 is 34.8 Å². The standard InChI is InChI=1S/C17H17F3N2O5S2/c18-17(19,20)29(26,27)16-14(8-4-9-22-16)15(23)21-10-5-11-28(24,25)12-13-6-2-1-3-7-13/h1-4,6-9H,5,10-12H2,(H,21,23). The van der Waals surface area contributed by atoms with Gasteiger partial charge >= 0.3 is 5.51 Å². The van der Waals surface area contributed by atoms with E-state index >= 15 is 0 Å². The van der Waals surface area contributed by atoms with Gasteiger partial charge in [-0.25, -0.2) is 21.8 Å². The Balaban J connectivity index is 1.99. The van der Waals surface area contributed by atoms with E-state index in [1.165, 1.54) is 0 Å². The second-order valence-electron chi connectivity index (χ2n) is 5.99. The zero-order valence-corrected chi connectivity index (χ0v) is 16.5. The van der Waals surface area contributed by atoms with Crippen LogP contribution in [0.3, 0.4) is 0 Å². The Kier molecular flexibility index (Phi) is 7.01. The Morgan fingerprint density at radius 3 is 2.28 bits per heavy atom. The topological polar surface area (TPSA) is 110 Å². The summed E-state index contributed by atoms with van der Waals surface area (Å²) in [6.45, 7) is -0.173. The lowest BCUT2D eigenvalue weighted by Gasteiger charge is -2.11. The molecule has 7 nitrogen and oxygen atoms in total.